The van der Waals surface area contributed by atoms with Crippen molar-refractivity contribution in [3.63, 3.8) is 0 Å². The number of hydrogen-bond acceptors (Lipinski definition) is 2. The maximum Gasteiger partial charge on any atom is 0.0642 e. The van der Waals surface area contributed by atoms with E-state index < -0.39 is 0 Å². The molecule has 2 rings (SSSR count). The van der Waals surface area contributed by atoms with Crippen LogP contribution in [-0.4, -0.2) is 20.2 Å². The Balaban J connectivity index is 2.31. The molecule has 2 heterocycles. The molecule has 1 aromatic rings. The molecule has 0 radical (unpaired) electrons. The summed E-state index contributed by atoms with van der Waals surface area (Å²) in [5.74, 6) is 0. The zero-order valence-corrected chi connectivity index (χ0v) is 9.76. The van der Waals surface area contributed by atoms with Gasteiger partial charge in [-0.2, -0.15) is 5.10 Å². The lowest BCUT2D eigenvalue weighted by Crippen LogP contribution is -2.37. The van der Waals surface area contributed by atoms with E-state index >= 15 is 0 Å². The minimum absolute atomic E-state index is 0.255. The summed E-state index contributed by atoms with van der Waals surface area (Å²) in [5.41, 5.74) is 4.26. The molecular formula is C11H19N3. The fourth-order valence-corrected chi connectivity index (χ4v) is 2.06. The van der Waals surface area contributed by atoms with Crippen molar-refractivity contribution in [3.05, 3.63) is 17.0 Å². The standard InChI is InChI=1S/C11H19N3/c1-8-9-6-14(11(2,3)4)7-10(9)13(5)12-8/h6-7H2,1-5H3. The second kappa shape index (κ2) is 2.83. The smallest absolute Gasteiger partial charge is 0.0642 e. The quantitative estimate of drug-likeness (QED) is 0.627. The van der Waals surface area contributed by atoms with Crippen LogP contribution in [0.5, 0.6) is 0 Å². The van der Waals surface area contributed by atoms with Crippen molar-refractivity contribution < 1.29 is 0 Å². The van der Waals surface area contributed by atoms with E-state index in [9.17, 15) is 0 Å². The maximum absolute atomic E-state index is 4.44. The van der Waals surface area contributed by atoms with Crippen LogP contribution in [0.15, 0.2) is 0 Å². The molecular weight excluding hydrogens is 174 g/mol. The van der Waals surface area contributed by atoms with Gasteiger partial charge in [0.25, 0.3) is 0 Å². The first-order valence-electron chi connectivity index (χ1n) is 5.16. The van der Waals surface area contributed by atoms with E-state index in [0.717, 1.165) is 13.1 Å². The lowest BCUT2D eigenvalue weighted by atomic mass is 10.1. The molecule has 0 aliphatic carbocycles. The van der Waals surface area contributed by atoms with Gasteiger partial charge in [-0.3, -0.25) is 9.58 Å². The van der Waals surface area contributed by atoms with Gasteiger partial charge in [0.1, 0.15) is 0 Å². The zero-order chi connectivity index (χ0) is 10.5. The SMILES string of the molecule is Cc1nn(C)c2c1CN(C(C)(C)C)C2. The van der Waals surface area contributed by atoms with Crippen molar-refractivity contribution in [2.75, 3.05) is 0 Å². The molecule has 0 aromatic carbocycles. The normalized spacial score (nSPS) is 17.5. The summed E-state index contributed by atoms with van der Waals surface area (Å²) in [6.45, 7) is 11.0. The number of rotatable bonds is 0. The second-order valence-corrected chi connectivity index (χ2v) is 5.16. The molecule has 78 valence electrons. The van der Waals surface area contributed by atoms with Crippen LogP contribution in [0.3, 0.4) is 0 Å². The summed E-state index contributed by atoms with van der Waals surface area (Å²) < 4.78 is 2.02. The minimum atomic E-state index is 0.255. The van der Waals surface area contributed by atoms with Gasteiger partial charge in [0.2, 0.25) is 0 Å². The number of hydrogen-bond donors (Lipinski definition) is 0. The molecule has 3 heteroatoms. The lowest BCUT2D eigenvalue weighted by Gasteiger charge is -2.31. The van der Waals surface area contributed by atoms with Crippen molar-refractivity contribution in [3.8, 4) is 0 Å². The average molecular weight is 193 g/mol. The Bertz CT molecular complexity index is 331. The highest BCUT2D eigenvalue weighted by Crippen LogP contribution is 2.30. The Labute approximate surface area is 85.7 Å². The van der Waals surface area contributed by atoms with Crippen LogP contribution in [0.2, 0.25) is 0 Å². The van der Waals surface area contributed by atoms with Gasteiger partial charge >= 0.3 is 0 Å². The molecule has 14 heavy (non-hydrogen) atoms. The van der Waals surface area contributed by atoms with Crippen LogP contribution in [0.25, 0.3) is 0 Å². The van der Waals surface area contributed by atoms with Crippen molar-refractivity contribution in [2.45, 2.75) is 46.3 Å². The van der Waals surface area contributed by atoms with Crippen molar-refractivity contribution in [1.82, 2.24) is 14.7 Å². The van der Waals surface area contributed by atoms with E-state index in [0.29, 0.717) is 0 Å². The predicted molar refractivity (Wildman–Crippen MR) is 56.9 cm³/mol. The van der Waals surface area contributed by atoms with E-state index in [1.54, 1.807) is 0 Å². The molecule has 0 spiro atoms. The minimum Gasteiger partial charge on any atom is -0.288 e. The molecule has 0 amide bonds. The average Bonchev–Trinajstić information content (AvgIpc) is 2.53. The van der Waals surface area contributed by atoms with Gasteiger partial charge in [0.15, 0.2) is 0 Å². The van der Waals surface area contributed by atoms with Crippen LogP contribution in [0.1, 0.15) is 37.7 Å². The molecule has 0 N–H and O–H groups in total. The molecule has 1 aliphatic rings. The number of aryl methyl sites for hydroxylation is 2. The fourth-order valence-electron chi connectivity index (χ4n) is 2.06. The van der Waals surface area contributed by atoms with Crippen molar-refractivity contribution in [2.24, 2.45) is 7.05 Å². The largest absolute Gasteiger partial charge is 0.288 e. The highest BCUT2D eigenvalue weighted by atomic mass is 15.3. The third-order valence-electron chi connectivity index (χ3n) is 3.11. The number of aromatic nitrogens is 2. The maximum atomic E-state index is 4.44. The van der Waals surface area contributed by atoms with Crippen LogP contribution >= 0.6 is 0 Å². The van der Waals surface area contributed by atoms with E-state index in [4.69, 9.17) is 0 Å². The Morgan fingerprint density at radius 2 is 1.86 bits per heavy atom. The van der Waals surface area contributed by atoms with Gasteiger partial charge in [-0.1, -0.05) is 0 Å². The zero-order valence-electron chi connectivity index (χ0n) is 9.76. The molecule has 3 nitrogen and oxygen atoms in total. The Kier molecular flexibility index (Phi) is 1.96. The van der Waals surface area contributed by atoms with E-state index in [1.165, 1.54) is 17.0 Å². The van der Waals surface area contributed by atoms with Gasteiger partial charge < -0.3 is 0 Å². The molecule has 0 unspecified atom stereocenters. The van der Waals surface area contributed by atoms with Gasteiger partial charge in [0, 0.05) is 31.2 Å². The van der Waals surface area contributed by atoms with E-state index in [1.807, 2.05) is 11.7 Å². The molecule has 0 bridgehead atoms. The first kappa shape index (κ1) is 9.71. The molecule has 0 saturated heterocycles. The van der Waals surface area contributed by atoms with Crippen LogP contribution in [0.4, 0.5) is 0 Å². The molecule has 0 saturated carbocycles. The van der Waals surface area contributed by atoms with Gasteiger partial charge in [-0.25, -0.2) is 0 Å². The monoisotopic (exact) mass is 193 g/mol. The first-order valence-corrected chi connectivity index (χ1v) is 5.16. The highest BCUT2D eigenvalue weighted by molar-refractivity contribution is 5.29. The molecule has 1 aliphatic heterocycles. The van der Waals surface area contributed by atoms with Crippen LogP contribution in [0, 0.1) is 6.92 Å². The summed E-state index contributed by atoms with van der Waals surface area (Å²) in [6.07, 6.45) is 0. The van der Waals surface area contributed by atoms with Crippen molar-refractivity contribution in [1.29, 1.82) is 0 Å². The van der Waals surface area contributed by atoms with Gasteiger partial charge in [-0.05, 0) is 27.7 Å². The number of nitrogens with zero attached hydrogens (tertiary/aromatic N) is 3. The third kappa shape index (κ3) is 1.36. The van der Waals surface area contributed by atoms with Gasteiger partial charge in [0.05, 0.1) is 11.4 Å². The van der Waals surface area contributed by atoms with Crippen LogP contribution < -0.4 is 0 Å². The summed E-state index contributed by atoms with van der Waals surface area (Å²) in [4.78, 5) is 2.49. The predicted octanol–water partition coefficient (Wildman–Crippen LogP) is 1.84. The van der Waals surface area contributed by atoms with E-state index in [2.05, 4.69) is 37.7 Å². The van der Waals surface area contributed by atoms with Crippen LogP contribution in [-0.2, 0) is 20.1 Å². The summed E-state index contributed by atoms with van der Waals surface area (Å²) in [6, 6.07) is 0. The number of fused-ring (bicyclic) bond motifs is 1. The third-order valence-corrected chi connectivity index (χ3v) is 3.11. The fraction of sp³-hybridized carbons (Fsp3) is 0.727. The topological polar surface area (TPSA) is 21.1 Å². The molecule has 0 atom stereocenters. The Morgan fingerprint density at radius 1 is 1.21 bits per heavy atom. The molecule has 1 aromatic heterocycles. The summed E-state index contributed by atoms with van der Waals surface area (Å²) in [5, 5.41) is 4.44. The Morgan fingerprint density at radius 3 is 2.36 bits per heavy atom. The summed E-state index contributed by atoms with van der Waals surface area (Å²) >= 11 is 0. The first-order chi connectivity index (χ1) is 6.39. The van der Waals surface area contributed by atoms with E-state index in [-0.39, 0.29) is 5.54 Å². The molecule has 0 fully saturated rings. The lowest BCUT2D eigenvalue weighted by molar-refractivity contribution is 0.133. The Hall–Kier alpha value is -0.830. The second-order valence-electron chi connectivity index (χ2n) is 5.16. The summed E-state index contributed by atoms with van der Waals surface area (Å²) in [7, 11) is 2.04. The van der Waals surface area contributed by atoms with Crippen molar-refractivity contribution >= 4 is 0 Å². The highest BCUT2D eigenvalue weighted by Gasteiger charge is 2.31. The van der Waals surface area contributed by atoms with Gasteiger partial charge in [-0.15, -0.1) is 0 Å².